The first-order valence-corrected chi connectivity index (χ1v) is 12.3. The number of ketones is 1. The molecule has 1 saturated heterocycles. The highest BCUT2D eigenvalue weighted by molar-refractivity contribution is 7.09. The van der Waals surface area contributed by atoms with Crippen LogP contribution in [0.1, 0.15) is 37.1 Å². The molecule has 2 aliphatic heterocycles. The highest BCUT2D eigenvalue weighted by atomic mass is 32.1. The van der Waals surface area contributed by atoms with E-state index in [1.165, 1.54) is 16.1 Å². The number of fused-ring (bicyclic) bond motifs is 1. The molecule has 3 heterocycles. The van der Waals surface area contributed by atoms with Gasteiger partial charge in [0.15, 0.2) is 5.78 Å². The summed E-state index contributed by atoms with van der Waals surface area (Å²) >= 11 is 1.73. The molecule has 6 heteroatoms. The molecule has 0 aliphatic carbocycles. The van der Waals surface area contributed by atoms with Gasteiger partial charge in [0.25, 0.3) is 0 Å². The lowest BCUT2D eigenvalue weighted by molar-refractivity contribution is -0.126. The van der Waals surface area contributed by atoms with Crippen molar-refractivity contribution < 1.29 is 9.59 Å². The number of anilines is 1. The third-order valence-electron chi connectivity index (χ3n) is 6.83. The standard InChI is InChI=1S/C26H33N3O2S/c1-26(2)22-8-4-5-9-23(22)28(3)24(26)17-20(30)18-29-14-11-19(12-15-29)25(31)27-13-10-21-7-6-16-32-21/h4-9,16-17,19H,10-15,18H2,1-3H3,(H,27,31)/b24-17-. The molecule has 0 spiro atoms. The molecule has 0 bridgehead atoms. The van der Waals surface area contributed by atoms with Crippen molar-refractivity contribution >= 4 is 28.7 Å². The summed E-state index contributed by atoms with van der Waals surface area (Å²) < 4.78 is 0. The van der Waals surface area contributed by atoms with Crippen LogP contribution in [0, 0.1) is 5.92 Å². The van der Waals surface area contributed by atoms with Gasteiger partial charge < -0.3 is 10.2 Å². The minimum absolute atomic E-state index is 0.0532. The van der Waals surface area contributed by atoms with Gasteiger partial charge in [-0.1, -0.05) is 38.1 Å². The van der Waals surface area contributed by atoms with E-state index in [2.05, 4.69) is 58.6 Å². The number of thiophene rings is 1. The van der Waals surface area contributed by atoms with E-state index in [0.717, 1.165) is 38.0 Å². The lowest BCUT2D eigenvalue weighted by atomic mass is 9.83. The van der Waals surface area contributed by atoms with Crippen molar-refractivity contribution in [3.63, 3.8) is 0 Å². The molecule has 1 N–H and O–H groups in total. The Morgan fingerprint density at radius 1 is 1.16 bits per heavy atom. The largest absolute Gasteiger partial charge is 0.355 e. The molecule has 1 aromatic heterocycles. The van der Waals surface area contributed by atoms with Crippen LogP contribution in [-0.2, 0) is 21.4 Å². The van der Waals surface area contributed by atoms with Gasteiger partial charge >= 0.3 is 0 Å². The first kappa shape index (κ1) is 22.7. The van der Waals surface area contributed by atoms with E-state index in [0.29, 0.717) is 13.1 Å². The Hall–Kier alpha value is -2.44. The van der Waals surface area contributed by atoms with Crippen molar-refractivity contribution in [2.75, 3.05) is 38.1 Å². The SMILES string of the molecule is CN1/C(=C\C(=O)CN2CCC(C(=O)NCCc3cccs3)CC2)C(C)(C)c2ccccc21. The second-order valence-electron chi connectivity index (χ2n) is 9.37. The van der Waals surface area contributed by atoms with Gasteiger partial charge in [-0.15, -0.1) is 11.3 Å². The normalized spacial score (nSPS) is 19.8. The maximum Gasteiger partial charge on any atom is 0.223 e. The fourth-order valence-corrected chi connectivity index (χ4v) is 5.65. The number of likely N-dealkylation sites (N-methyl/N-ethyl adjacent to an activating group) is 1. The smallest absolute Gasteiger partial charge is 0.223 e. The molecule has 170 valence electrons. The molecule has 0 saturated carbocycles. The summed E-state index contributed by atoms with van der Waals surface area (Å²) in [5.41, 5.74) is 3.29. The number of nitrogens with one attached hydrogen (secondary N) is 1. The number of rotatable bonds is 7. The number of piperidine rings is 1. The maximum atomic E-state index is 12.9. The van der Waals surface area contributed by atoms with Crippen LogP contribution in [0.25, 0.3) is 0 Å². The Morgan fingerprint density at radius 3 is 2.59 bits per heavy atom. The van der Waals surface area contributed by atoms with E-state index < -0.39 is 0 Å². The Bertz CT molecular complexity index is 988. The van der Waals surface area contributed by atoms with E-state index in [-0.39, 0.29) is 23.0 Å². The number of allylic oxidation sites excluding steroid dienone is 1. The quantitative estimate of drug-likeness (QED) is 0.647. The minimum atomic E-state index is -0.185. The molecular formula is C26H33N3O2S. The number of nitrogens with zero attached hydrogens (tertiary/aromatic N) is 2. The van der Waals surface area contributed by atoms with Crippen LogP contribution < -0.4 is 10.2 Å². The fraction of sp³-hybridized carbons (Fsp3) is 0.462. The number of benzene rings is 1. The van der Waals surface area contributed by atoms with Gasteiger partial charge in [-0.2, -0.15) is 0 Å². The van der Waals surface area contributed by atoms with E-state index in [1.54, 1.807) is 11.3 Å². The number of hydrogen-bond acceptors (Lipinski definition) is 5. The number of para-hydroxylation sites is 1. The Labute approximate surface area is 195 Å². The molecule has 32 heavy (non-hydrogen) atoms. The average molecular weight is 452 g/mol. The topological polar surface area (TPSA) is 52.7 Å². The van der Waals surface area contributed by atoms with Gasteiger partial charge in [0.2, 0.25) is 5.91 Å². The van der Waals surface area contributed by atoms with Crippen LogP contribution in [0.5, 0.6) is 0 Å². The van der Waals surface area contributed by atoms with E-state index >= 15 is 0 Å². The fourth-order valence-electron chi connectivity index (χ4n) is 4.94. The third kappa shape index (κ3) is 4.81. The van der Waals surface area contributed by atoms with Crippen LogP contribution in [-0.4, -0.2) is 49.8 Å². The second-order valence-corrected chi connectivity index (χ2v) is 10.4. The maximum absolute atomic E-state index is 12.9. The molecule has 0 radical (unpaired) electrons. The zero-order valence-electron chi connectivity index (χ0n) is 19.3. The molecular weight excluding hydrogens is 418 g/mol. The third-order valence-corrected chi connectivity index (χ3v) is 7.76. The van der Waals surface area contributed by atoms with E-state index in [1.807, 2.05) is 25.3 Å². The van der Waals surface area contributed by atoms with Crippen molar-refractivity contribution in [3.05, 3.63) is 64.0 Å². The van der Waals surface area contributed by atoms with Crippen molar-refractivity contribution in [3.8, 4) is 0 Å². The van der Waals surface area contributed by atoms with Gasteiger partial charge in [0, 0.05) is 47.3 Å². The summed E-state index contributed by atoms with van der Waals surface area (Å²) in [7, 11) is 2.04. The predicted molar refractivity (Wildman–Crippen MR) is 131 cm³/mol. The molecule has 0 atom stereocenters. The molecule has 2 aliphatic rings. The van der Waals surface area contributed by atoms with Crippen LogP contribution in [0.15, 0.2) is 53.6 Å². The predicted octanol–water partition coefficient (Wildman–Crippen LogP) is 4.00. The Balaban J connectivity index is 1.26. The monoisotopic (exact) mass is 451 g/mol. The van der Waals surface area contributed by atoms with Crippen molar-refractivity contribution in [2.24, 2.45) is 5.92 Å². The van der Waals surface area contributed by atoms with Crippen LogP contribution >= 0.6 is 11.3 Å². The summed E-state index contributed by atoms with van der Waals surface area (Å²) in [6.45, 7) is 7.04. The first-order valence-electron chi connectivity index (χ1n) is 11.5. The zero-order chi connectivity index (χ0) is 22.7. The van der Waals surface area contributed by atoms with Crippen LogP contribution in [0.2, 0.25) is 0 Å². The molecule has 5 nitrogen and oxygen atoms in total. The molecule has 4 rings (SSSR count). The van der Waals surface area contributed by atoms with Gasteiger partial charge in [-0.25, -0.2) is 0 Å². The van der Waals surface area contributed by atoms with Crippen LogP contribution in [0.4, 0.5) is 5.69 Å². The average Bonchev–Trinajstić information content (AvgIpc) is 3.36. The Morgan fingerprint density at radius 2 is 1.91 bits per heavy atom. The summed E-state index contributed by atoms with van der Waals surface area (Å²) in [6.07, 6.45) is 4.33. The highest BCUT2D eigenvalue weighted by Gasteiger charge is 2.38. The van der Waals surface area contributed by atoms with Gasteiger partial charge in [0.1, 0.15) is 0 Å². The van der Waals surface area contributed by atoms with Gasteiger partial charge in [0.05, 0.1) is 6.54 Å². The van der Waals surface area contributed by atoms with E-state index in [9.17, 15) is 9.59 Å². The molecule has 1 amide bonds. The van der Waals surface area contributed by atoms with E-state index in [4.69, 9.17) is 0 Å². The Kier molecular flexibility index (Phi) is 6.82. The highest BCUT2D eigenvalue weighted by Crippen LogP contribution is 2.46. The van der Waals surface area contributed by atoms with Crippen molar-refractivity contribution in [2.45, 2.75) is 38.5 Å². The van der Waals surface area contributed by atoms with Crippen molar-refractivity contribution in [1.82, 2.24) is 10.2 Å². The summed E-state index contributed by atoms with van der Waals surface area (Å²) in [6, 6.07) is 12.5. The number of carbonyl (C=O) groups is 2. The van der Waals surface area contributed by atoms with Crippen molar-refractivity contribution in [1.29, 1.82) is 0 Å². The molecule has 1 aromatic carbocycles. The molecule has 1 fully saturated rings. The first-order chi connectivity index (χ1) is 15.4. The minimum Gasteiger partial charge on any atom is -0.355 e. The summed E-state index contributed by atoms with van der Waals surface area (Å²) in [5.74, 6) is 0.339. The summed E-state index contributed by atoms with van der Waals surface area (Å²) in [5, 5.41) is 5.15. The van der Waals surface area contributed by atoms with Crippen LogP contribution in [0.3, 0.4) is 0 Å². The number of hydrogen-bond donors (Lipinski definition) is 1. The second kappa shape index (κ2) is 9.59. The number of carbonyl (C=O) groups excluding carboxylic acids is 2. The molecule has 2 aromatic rings. The lowest BCUT2D eigenvalue weighted by Crippen LogP contribution is -2.42. The summed E-state index contributed by atoms with van der Waals surface area (Å²) in [4.78, 5) is 31.0. The zero-order valence-corrected chi connectivity index (χ0v) is 20.1. The lowest BCUT2D eigenvalue weighted by Gasteiger charge is -2.31. The molecule has 0 unspecified atom stereocenters. The van der Waals surface area contributed by atoms with Gasteiger partial charge in [-0.3, -0.25) is 14.5 Å². The van der Waals surface area contributed by atoms with Gasteiger partial charge in [-0.05, 0) is 55.4 Å². The number of likely N-dealkylation sites (tertiary alicyclic amines) is 1. The number of amides is 1.